The number of hydrogen-bond acceptors (Lipinski definition) is 2. The molecule has 0 bridgehead atoms. The van der Waals surface area contributed by atoms with Crippen molar-refractivity contribution in [3.8, 4) is 5.75 Å². The third kappa shape index (κ3) is 2.38. The van der Waals surface area contributed by atoms with Crippen LogP contribution in [0.25, 0.3) is 0 Å². The molecule has 0 aliphatic carbocycles. The van der Waals surface area contributed by atoms with E-state index in [-0.39, 0.29) is 23.0 Å². The van der Waals surface area contributed by atoms with Gasteiger partial charge in [-0.3, -0.25) is 0 Å². The summed E-state index contributed by atoms with van der Waals surface area (Å²) in [4.78, 5) is 0. The zero-order chi connectivity index (χ0) is 13.3. The average molecular weight is 337 g/mol. The fraction of sp³-hybridized carbons (Fsp3) is 0.538. The Morgan fingerprint density at radius 3 is 2.83 bits per heavy atom. The maximum atomic E-state index is 14.2. The van der Waals surface area contributed by atoms with E-state index in [4.69, 9.17) is 16.3 Å². The van der Waals surface area contributed by atoms with E-state index in [0.717, 1.165) is 19.4 Å². The number of fused-ring (bicyclic) bond motifs is 1. The maximum absolute atomic E-state index is 14.2. The van der Waals surface area contributed by atoms with Crippen molar-refractivity contribution < 1.29 is 9.13 Å². The summed E-state index contributed by atoms with van der Waals surface area (Å²) in [5.41, 5.74) is 0.551. The lowest BCUT2D eigenvalue weighted by atomic mass is 10.0. The van der Waals surface area contributed by atoms with Gasteiger partial charge in [0.2, 0.25) is 0 Å². The zero-order valence-corrected chi connectivity index (χ0v) is 12.7. The van der Waals surface area contributed by atoms with Crippen LogP contribution in [-0.2, 0) is 0 Å². The Morgan fingerprint density at radius 2 is 2.22 bits per heavy atom. The molecule has 2 atom stereocenters. The molecular weight excluding hydrogens is 321 g/mol. The summed E-state index contributed by atoms with van der Waals surface area (Å²) >= 11 is 9.28. The highest BCUT2D eigenvalue weighted by Gasteiger charge is 2.37. The molecule has 1 N–H and O–H groups in total. The van der Waals surface area contributed by atoms with Gasteiger partial charge in [0, 0.05) is 0 Å². The number of nitrogens with one attached hydrogen (secondary N) is 1. The zero-order valence-electron chi connectivity index (χ0n) is 10.4. The van der Waals surface area contributed by atoms with E-state index >= 15 is 0 Å². The van der Waals surface area contributed by atoms with E-state index in [0.29, 0.717) is 15.8 Å². The van der Waals surface area contributed by atoms with Crippen LogP contribution in [-0.4, -0.2) is 12.6 Å². The minimum absolute atomic E-state index is 0.0455. The molecule has 0 saturated carbocycles. The first-order valence-electron chi connectivity index (χ1n) is 6.17. The van der Waals surface area contributed by atoms with Gasteiger partial charge in [-0.2, -0.15) is 0 Å². The molecule has 1 aromatic carbocycles. The Kier molecular flexibility index (Phi) is 4.51. The standard InChI is InChI=1S/C13H16BrClFNO/c1-3-5-17-12-9(4-2)18-13-7(14)6-8(15)11(16)10(12)13/h6,9,12,17H,3-5H2,1-2H3. The van der Waals surface area contributed by atoms with Gasteiger partial charge in [-0.25, -0.2) is 4.39 Å². The Hall–Kier alpha value is -0.320. The van der Waals surface area contributed by atoms with E-state index < -0.39 is 0 Å². The van der Waals surface area contributed by atoms with Gasteiger partial charge >= 0.3 is 0 Å². The first kappa shape index (κ1) is 14.1. The van der Waals surface area contributed by atoms with Crippen molar-refractivity contribution in [2.75, 3.05) is 6.54 Å². The second-order valence-corrected chi connectivity index (χ2v) is 5.65. The lowest BCUT2D eigenvalue weighted by molar-refractivity contribution is 0.184. The summed E-state index contributed by atoms with van der Waals surface area (Å²) < 4.78 is 20.7. The topological polar surface area (TPSA) is 21.3 Å². The number of hydrogen-bond donors (Lipinski definition) is 1. The molecule has 1 aliphatic heterocycles. The Bertz CT molecular complexity index is 455. The number of halogens is 3. The van der Waals surface area contributed by atoms with Crippen molar-refractivity contribution in [3.05, 3.63) is 26.9 Å². The van der Waals surface area contributed by atoms with Crippen molar-refractivity contribution in [1.29, 1.82) is 0 Å². The number of rotatable bonds is 4. The SMILES string of the molecule is CCCNC1c2c(F)c(Cl)cc(Br)c2OC1CC. The molecule has 0 spiro atoms. The second kappa shape index (κ2) is 5.76. The minimum atomic E-state index is -0.376. The molecule has 2 unspecified atom stereocenters. The minimum Gasteiger partial charge on any atom is -0.487 e. The van der Waals surface area contributed by atoms with Crippen LogP contribution in [0.1, 0.15) is 38.3 Å². The summed E-state index contributed by atoms with van der Waals surface area (Å²) in [5.74, 6) is 0.205. The Labute approximate surface area is 120 Å². The van der Waals surface area contributed by atoms with Gasteiger partial charge in [0.05, 0.1) is 21.1 Å². The van der Waals surface area contributed by atoms with Gasteiger partial charge < -0.3 is 10.1 Å². The summed E-state index contributed by atoms with van der Waals surface area (Å²) in [5, 5.41) is 3.47. The molecule has 18 heavy (non-hydrogen) atoms. The quantitative estimate of drug-likeness (QED) is 0.820. The number of ether oxygens (including phenoxy) is 1. The molecule has 0 aromatic heterocycles. The largest absolute Gasteiger partial charge is 0.487 e. The Morgan fingerprint density at radius 1 is 1.50 bits per heavy atom. The van der Waals surface area contributed by atoms with Gasteiger partial charge in [-0.15, -0.1) is 0 Å². The molecule has 0 fully saturated rings. The van der Waals surface area contributed by atoms with Crippen LogP contribution in [0.15, 0.2) is 10.5 Å². The molecule has 1 heterocycles. The van der Waals surface area contributed by atoms with Crippen LogP contribution in [0.2, 0.25) is 5.02 Å². The molecule has 100 valence electrons. The van der Waals surface area contributed by atoms with Crippen molar-refractivity contribution in [2.45, 2.75) is 38.8 Å². The maximum Gasteiger partial charge on any atom is 0.150 e. The summed E-state index contributed by atoms with van der Waals surface area (Å²) in [6.07, 6.45) is 1.77. The third-order valence-corrected chi connectivity index (χ3v) is 3.99. The number of benzene rings is 1. The molecule has 0 radical (unpaired) electrons. The van der Waals surface area contributed by atoms with E-state index in [1.807, 2.05) is 6.92 Å². The predicted molar refractivity (Wildman–Crippen MR) is 74.9 cm³/mol. The highest BCUT2D eigenvalue weighted by atomic mass is 79.9. The molecule has 0 saturated heterocycles. The van der Waals surface area contributed by atoms with Crippen molar-refractivity contribution in [2.24, 2.45) is 0 Å². The van der Waals surface area contributed by atoms with Gasteiger partial charge in [0.1, 0.15) is 17.7 Å². The first-order valence-corrected chi connectivity index (χ1v) is 7.34. The highest BCUT2D eigenvalue weighted by Crippen LogP contribution is 2.46. The van der Waals surface area contributed by atoms with Crippen molar-refractivity contribution in [1.82, 2.24) is 5.32 Å². The molecule has 1 aromatic rings. The van der Waals surface area contributed by atoms with E-state index in [1.165, 1.54) is 0 Å². The summed E-state index contributed by atoms with van der Waals surface area (Å²) in [7, 11) is 0. The Balaban J connectivity index is 2.44. The van der Waals surface area contributed by atoms with Crippen molar-refractivity contribution >= 4 is 27.5 Å². The molecule has 1 aliphatic rings. The third-order valence-electron chi connectivity index (χ3n) is 3.13. The van der Waals surface area contributed by atoms with Crippen LogP contribution in [0.4, 0.5) is 4.39 Å². The average Bonchev–Trinajstić information content (AvgIpc) is 2.72. The lowest BCUT2D eigenvalue weighted by Gasteiger charge is -2.18. The first-order chi connectivity index (χ1) is 8.60. The summed E-state index contributed by atoms with van der Waals surface area (Å²) in [6.45, 7) is 4.94. The smallest absolute Gasteiger partial charge is 0.150 e. The van der Waals surface area contributed by atoms with Crippen LogP contribution in [0.3, 0.4) is 0 Å². The van der Waals surface area contributed by atoms with E-state index in [9.17, 15) is 4.39 Å². The summed E-state index contributed by atoms with van der Waals surface area (Å²) in [6, 6.07) is 1.42. The fourth-order valence-corrected chi connectivity index (χ4v) is 3.13. The van der Waals surface area contributed by atoms with Gasteiger partial charge in [-0.1, -0.05) is 25.4 Å². The molecule has 5 heteroatoms. The van der Waals surface area contributed by atoms with Gasteiger partial charge in [0.25, 0.3) is 0 Å². The van der Waals surface area contributed by atoms with Gasteiger partial charge in [-0.05, 0) is 41.4 Å². The predicted octanol–water partition coefficient (Wildman–Crippen LogP) is 4.45. The fourth-order valence-electron chi connectivity index (χ4n) is 2.25. The van der Waals surface area contributed by atoms with Gasteiger partial charge in [0.15, 0.2) is 0 Å². The normalized spacial score (nSPS) is 21.8. The van der Waals surface area contributed by atoms with Crippen molar-refractivity contribution in [3.63, 3.8) is 0 Å². The molecular formula is C13H16BrClFNO. The van der Waals surface area contributed by atoms with Crippen LogP contribution in [0, 0.1) is 5.82 Å². The molecule has 2 nitrogen and oxygen atoms in total. The van der Waals surface area contributed by atoms with Crippen LogP contribution in [0.5, 0.6) is 5.75 Å². The monoisotopic (exact) mass is 335 g/mol. The second-order valence-electron chi connectivity index (χ2n) is 4.39. The van der Waals surface area contributed by atoms with E-state index in [1.54, 1.807) is 6.07 Å². The highest BCUT2D eigenvalue weighted by molar-refractivity contribution is 9.10. The lowest BCUT2D eigenvalue weighted by Crippen LogP contribution is -2.31. The molecule has 2 rings (SSSR count). The van der Waals surface area contributed by atoms with E-state index in [2.05, 4.69) is 28.2 Å². The molecule has 0 amide bonds. The van der Waals surface area contributed by atoms with Crippen LogP contribution >= 0.6 is 27.5 Å². The van der Waals surface area contributed by atoms with Crippen LogP contribution < -0.4 is 10.1 Å².